The standard InChI is InChI=1S/C23H23N9O3/c1-35-19-5-3-2-4-17(19)18-6-9-22(33)31(28-18)14-23(34)30-12-10-29(11-13-30)20-7-8-21(27-26-20)32-16-24-15-25-32/h2-9,15-16H,10-14H2,1H3. The molecule has 5 rings (SSSR count). The van der Waals surface area contributed by atoms with Crippen molar-refractivity contribution in [2.24, 2.45) is 0 Å². The van der Waals surface area contributed by atoms with Gasteiger partial charge in [0.15, 0.2) is 11.6 Å². The van der Waals surface area contributed by atoms with E-state index in [1.807, 2.05) is 36.4 Å². The molecule has 1 aromatic carbocycles. The van der Waals surface area contributed by atoms with Crippen LogP contribution in [0.1, 0.15) is 0 Å². The number of nitrogens with zero attached hydrogens (tertiary/aromatic N) is 9. The fourth-order valence-corrected chi connectivity index (χ4v) is 3.91. The Balaban J connectivity index is 1.23. The normalized spacial score (nSPS) is 13.6. The largest absolute Gasteiger partial charge is 0.496 e. The first-order chi connectivity index (χ1) is 17.1. The number of anilines is 1. The van der Waals surface area contributed by atoms with E-state index < -0.39 is 0 Å². The molecule has 4 heterocycles. The number of hydrogen-bond donors (Lipinski definition) is 0. The second kappa shape index (κ2) is 9.71. The van der Waals surface area contributed by atoms with E-state index in [1.165, 1.54) is 21.8 Å². The summed E-state index contributed by atoms with van der Waals surface area (Å²) in [4.78, 5) is 33.0. The molecule has 35 heavy (non-hydrogen) atoms. The van der Waals surface area contributed by atoms with Gasteiger partial charge in [0.25, 0.3) is 5.56 Å². The Morgan fingerprint density at radius 2 is 1.74 bits per heavy atom. The van der Waals surface area contributed by atoms with Gasteiger partial charge >= 0.3 is 0 Å². The molecular weight excluding hydrogens is 450 g/mol. The molecule has 0 spiro atoms. The summed E-state index contributed by atoms with van der Waals surface area (Å²) in [7, 11) is 1.58. The van der Waals surface area contributed by atoms with Crippen molar-refractivity contribution in [3.8, 4) is 22.8 Å². The lowest BCUT2D eigenvalue weighted by molar-refractivity contribution is -0.132. The first-order valence-corrected chi connectivity index (χ1v) is 11.1. The summed E-state index contributed by atoms with van der Waals surface area (Å²) in [5.41, 5.74) is 0.978. The summed E-state index contributed by atoms with van der Waals surface area (Å²) in [6, 6.07) is 14.2. The molecule has 1 saturated heterocycles. The molecule has 3 aromatic heterocycles. The smallest absolute Gasteiger partial charge is 0.267 e. The maximum absolute atomic E-state index is 12.9. The molecule has 1 fully saturated rings. The average molecular weight is 473 g/mol. The van der Waals surface area contributed by atoms with Crippen LogP contribution < -0.4 is 15.2 Å². The van der Waals surface area contributed by atoms with Crippen molar-refractivity contribution in [1.29, 1.82) is 0 Å². The third-order valence-corrected chi connectivity index (χ3v) is 5.78. The van der Waals surface area contributed by atoms with Gasteiger partial charge in [0.1, 0.15) is 24.9 Å². The average Bonchev–Trinajstić information content (AvgIpc) is 3.45. The van der Waals surface area contributed by atoms with Crippen LogP contribution in [0, 0.1) is 0 Å². The molecular formula is C23H23N9O3. The van der Waals surface area contributed by atoms with Crippen LogP contribution >= 0.6 is 0 Å². The van der Waals surface area contributed by atoms with Crippen molar-refractivity contribution in [3.05, 3.63) is 71.5 Å². The van der Waals surface area contributed by atoms with Gasteiger partial charge in [0, 0.05) is 37.8 Å². The minimum absolute atomic E-state index is 0.131. The molecule has 0 unspecified atom stereocenters. The molecule has 0 saturated carbocycles. The highest BCUT2D eigenvalue weighted by atomic mass is 16.5. The number of para-hydroxylation sites is 1. The summed E-state index contributed by atoms with van der Waals surface area (Å²) in [6.45, 7) is 2.09. The lowest BCUT2D eigenvalue weighted by Gasteiger charge is -2.35. The van der Waals surface area contributed by atoms with E-state index in [2.05, 4.69) is 30.3 Å². The lowest BCUT2D eigenvalue weighted by atomic mass is 10.1. The van der Waals surface area contributed by atoms with Crippen LogP contribution in [0.2, 0.25) is 0 Å². The molecule has 12 heteroatoms. The van der Waals surface area contributed by atoms with E-state index in [0.717, 1.165) is 11.4 Å². The second-order valence-electron chi connectivity index (χ2n) is 7.87. The number of carbonyl (C=O) groups excluding carboxylic acids is 1. The zero-order valence-corrected chi connectivity index (χ0v) is 19.1. The number of carbonyl (C=O) groups is 1. The Morgan fingerprint density at radius 3 is 2.46 bits per heavy atom. The minimum atomic E-state index is -0.335. The van der Waals surface area contributed by atoms with E-state index in [4.69, 9.17) is 4.74 Å². The fourth-order valence-electron chi connectivity index (χ4n) is 3.91. The molecule has 1 aliphatic rings. The fraction of sp³-hybridized carbons (Fsp3) is 0.261. The number of hydrogen-bond acceptors (Lipinski definition) is 9. The first kappa shape index (κ1) is 22.2. The topological polar surface area (TPSA) is 124 Å². The van der Waals surface area contributed by atoms with Gasteiger partial charge < -0.3 is 14.5 Å². The van der Waals surface area contributed by atoms with Crippen molar-refractivity contribution in [1.82, 2.24) is 39.6 Å². The Morgan fingerprint density at radius 1 is 0.971 bits per heavy atom. The van der Waals surface area contributed by atoms with Crippen molar-refractivity contribution in [2.45, 2.75) is 6.54 Å². The second-order valence-corrected chi connectivity index (χ2v) is 7.87. The summed E-state index contributed by atoms with van der Waals surface area (Å²) in [6.07, 6.45) is 2.99. The molecule has 0 aliphatic carbocycles. The summed E-state index contributed by atoms with van der Waals surface area (Å²) in [5.74, 6) is 1.78. The SMILES string of the molecule is COc1ccccc1-c1ccc(=O)n(CC(=O)N2CCN(c3ccc(-n4cncn4)nn3)CC2)n1. The van der Waals surface area contributed by atoms with Gasteiger partial charge in [-0.15, -0.1) is 10.2 Å². The predicted molar refractivity (Wildman–Crippen MR) is 126 cm³/mol. The minimum Gasteiger partial charge on any atom is -0.496 e. The number of methoxy groups -OCH3 is 1. The number of ether oxygens (including phenoxy) is 1. The number of piperazine rings is 1. The third-order valence-electron chi connectivity index (χ3n) is 5.78. The molecule has 0 radical (unpaired) electrons. The van der Waals surface area contributed by atoms with Gasteiger partial charge in [-0.05, 0) is 30.3 Å². The number of benzene rings is 1. The van der Waals surface area contributed by atoms with Gasteiger partial charge in [-0.25, -0.2) is 14.3 Å². The van der Waals surface area contributed by atoms with Crippen LogP contribution in [0.5, 0.6) is 5.75 Å². The highest BCUT2D eigenvalue weighted by Gasteiger charge is 2.23. The maximum Gasteiger partial charge on any atom is 0.267 e. The van der Waals surface area contributed by atoms with Crippen LogP contribution in [0.25, 0.3) is 17.1 Å². The van der Waals surface area contributed by atoms with E-state index in [-0.39, 0.29) is 18.0 Å². The quantitative estimate of drug-likeness (QED) is 0.397. The zero-order valence-electron chi connectivity index (χ0n) is 19.1. The van der Waals surface area contributed by atoms with Crippen LogP contribution in [-0.2, 0) is 11.3 Å². The Labute approximate surface area is 200 Å². The van der Waals surface area contributed by atoms with Crippen LogP contribution in [0.4, 0.5) is 5.82 Å². The molecule has 1 aliphatic heterocycles. The van der Waals surface area contributed by atoms with Crippen LogP contribution in [0.3, 0.4) is 0 Å². The molecule has 178 valence electrons. The summed E-state index contributed by atoms with van der Waals surface area (Å²) < 4.78 is 8.13. The molecule has 4 aromatic rings. The number of aromatic nitrogens is 7. The first-order valence-electron chi connectivity index (χ1n) is 11.1. The van der Waals surface area contributed by atoms with Gasteiger partial charge in [-0.1, -0.05) is 12.1 Å². The van der Waals surface area contributed by atoms with E-state index in [0.29, 0.717) is 43.4 Å². The molecule has 12 nitrogen and oxygen atoms in total. The van der Waals surface area contributed by atoms with Crippen molar-refractivity contribution >= 4 is 11.7 Å². The summed E-state index contributed by atoms with van der Waals surface area (Å²) in [5, 5.41) is 16.9. The molecule has 1 amide bonds. The maximum atomic E-state index is 12.9. The van der Waals surface area contributed by atoms with E-state index >= 15 is 0 Å². The van der Waals surface area contributed by atoms with Crippen molar-refractivity contribution in [3.63, 3.8) is 0 Å². The number of rotatable bonds is 6. The van der Waals surface area contributed by atoms with E-state index in [9.17, 15) is 9.59 Å². The van der Waals surface area contributed by atoms with Gasteiger partial charge in [-0.3, -0.25) is 9.59 Å². The molecule has 0 N–H and O–H groups in total. The molecule has 0 bridgehead atoms. The highest BCUT2D eigenvalue weighted by Crippen LogP contribution is 2.27. The van der Waals surface area contributed by atoms with Gasteiger partial charge in [0.05, 0.1) is 12.8 Å². The third kappa shape index (κ3) is 4.71. The zero-order chi connectivity index (χ0) is 24.2. The summed E-state index contributed by atoms with van der Waals surface area (Å²) >= 11 is 0. The Hall–Kier alpha value is -4.61. The predicted octanol–water partition coefficient (Wildman–Crippen LogP) is 0.638. The van der Waals surface area contributed by atoms with Crippen molar-refractivity contribution < 1.29 is 9.53 Å². The van der Waals surface area contributed by atoms with Gasteiger partial charge in [-0.2, -0.15) is 10.2 Å². The van der Waals surface area contributed by atoms with Crippen LogP contribution in [-0.4, -0.2) is 78.8 Å². The van der Waals surface area contributed by atoms with Crippen molar-refractivity contribution in [2.75, 3.05) is 38.2 Å². The Bertz CT molecular complexity index is 1360. The molecule has 0 atom stereocenters. The van der Waals surface area contributed by atoms with Gasteiger partial charge in [0.2, 0.25) is 5.91 Å². The highest BCUT2D eigenvalue weighted by molar-refractivity contribution is 5.76. The Kier molecular flexibility index (Phi) is 6.16. The monoisotopic (exact) mass is 473 g/mol. The van der Waals surface area contributed by atoms with E-state index in [1.54, 1.807) is 24.4 Å². The number of amides is 1. The lowest BCUT2D eigenvalue weighted by Crippen LogP contribution is -2.50. The van der Waals surface area contributed by atoms with Crippen LogP contribution in [0.15, 0.2) is 66.0 Å².